The number of ether oxygens (including phenoxy) is 1. The quantitative estimate of drug-likeness (QED) is 0.668. The van der Waals surface area contributed by atoms with Crippen LogP contribution in [0, 0.1) is 0 Å². The molecule has 0 aliphatic rings. The number of anilines is 1. The Kier molecular flexibility index (Phi) is 3.61. The fourth-order valence-corrected chi connectivity index (χ4v) is 1.29. The van der Waals surface area contributed by atoms with E-state index in [0.29, 0.717) is 12.1 Å². The van der Waals surface area contributed by atoms with Crippen LogP contribution in [0.5, 0.6) is 5.75 Å². The van der Waals surface area contributed by atoms with Crippen LogP contribution in [0.2, 0.25) is 0 Å². The van der Waals surface area contributed by atoms with Crippen molar-refractivity contribution in [1.29, 1.82) is 0 Å². The molecule has 0 atom stereocenters. The van der Waals surface area contributed by atoms with Crippen molar-refractivity contribution in [1.82, 2.24) is 0 Å². The zero-order valence-corrected chi connectivity index (χ0v) is 9.07. The molecule has 90 valence electrons. The van der Waals surface area contributed by atoms with E-state index in [1.54, 1.807) is 0 Å². The lowest BCUT2D eigenvalue weighted by Gasteiger charge is -2.13. The van der Waals surface area contributed by atoms with Gasteiger partial charge in [-0.2, -0.15) is 22.0 Å². The minimum Gasteiger partial charge on any atom is -0.434 e. The summed E-state index contributed by atoms with van der Waals surface area (Å²) in [6, 6.07) is 1.08. The maximum absolute atomic E-state index is 12.3. The molecular weight excluding hydrogens is 301 g/mol. The van der Waals surface area contributed by atoms with E-state index in [0.717, 1.165) is 0 Å². The van der Waals surface area contributed by atoms with Crippen LogP contribution >= 0.6 is 15.9 Å². The fourth-order valence-electron chi connectivity index (χ4n) is 0.965. The molecule has 0 aromatic heterocycles. The number of nitrogens with two attached hydrogens (primary N) is 1. The van der Waals surface area contributed by atoms with Crippen LogP contribution in [-0.2, 0) is 6.18 Å². The molecule has 1 aromatic rings. The third-order valence-electron chi connectivity index (χ3n) is 1.61. The summed E-state index contributed by atoms with van der Waals surface area (Å²) < 4.78 is 64.5. The average Bonchev–Trinajstić information content (AvgIpc) is 2.10. The molecule has 16 heavy (non-hydrogen) atoms. The number of rotatable bonds is 2. The summed E-state index contributed by atoms with van der Waals surface area (Å²) in [5, 5.41) is 0. The molecule has 0 unspecified atom stereocenters. The lowest BCUT2D eigenvalue weighted by molar-refractivity contribution is -0.138. The largest absolute Gasteiger partial charge is 0.434 e. The predicted octanol–water partition coefficient (Wildman–Crippen LogP) is 3.65. The van der Waals surface area contributed by atoms with E-state index >= 15 is 0 Å². The molecule has 0 bridgehead atoms. The van der Waals surface area contributed by atoms with E-state index in [1.165, 1.54) is 0 Å². The third kappa shape index (κ3) is 2.97. The molecule has 8 heteroatoms. The van der Waals surface area contributed by atoms with Crippen molar-refractivity contribution in [3.05, 3.63) is 22.2 Å². The van der Waals surface area contributed by atoms with E-state index in [4.69, 9.17) is 5.73 Å². The smallest absolute Gasteiger partial charge is 0.416 e. The van der Waals surface area contributed by atoms with Gasteiger partial charge in [-0.05, 0) is 28.1 Å². The summed E-state index contributed by atoms with van der Waals surface area (Å²) in [5.74, 6) is -0.651. The minimum absolute atomic E-state index is 0.138. The van der Waals surface area contributed by atoms with Crippen LogP contribution in [0.25, 0.3) is 0 Å². The van der Waals surface area contributed by atoms with Gasteiger partial charge in [0.15, 0.2) is 0 Å². The summed E-state index contributed by atoms with van der Waals surface area (Å²) in [6.07, 6.45) is -4.67. The van der Waals surface area contributed by atoms with Gasteiger partial charge in [-0.25, -0.2) is 0 Å². The first-order valence-electron chi connectivity index (χ1n) is 3.83. The Labute approximate surface area is 95.3 Å². The molecule has 1 rings (SSSR count). The molecule has 0 saturated heterocycles. The topological polar surface area (TPSA) is 35.2 Å². The van der Waals surface area contributed by atoms with Gasteiger partial charge in [-0.3, -0.25) is 0 Å². The van der Waals surface area contributed by atoms with Crippen molar-refractivity contribution in [2.24, 2.45) is 0 Å². The van der Waals surface area contributed by atoms with Crippen LogP contribution in [0.1, 0.15) is 5.56 Å². The number of benzene rings is 1. The van der Waals surface area contributed by atoms with Gasteiger partial charge < -0.3 is 10.5 Å². The Hall–Kier alpha value is -1.05. The molecule has 0 amide bonds. The van der Waals surface area contributed by atoms with Crippen LogP contribution < -0.4 is 10.5 Å². The summed E-state index contributed by atoms with van der Waals surface area (Å²) in [6.45, 7) is -3.22. The molecule has 0 aliphatic heterocycles. The molecule has 2 nitrogen and oxygen atoms in total. The number of nitrogen functional groups attached to an aromatic ring is 1. The van der Waals surface area contributed by atoms with Crippen LogP contribution in [0.15, 0.2) is 16.6 Å². The van der Waals surface area contributed by atoms with Crippen molar-refractivity contribution < 1.29 is 26.7 Å². The molecule has 1 aromatic carbocycles. The fraction of sp³-hybridized carbons (Fsp3) is 0.250. The van der Waals surface area contributed by atoms with Gasteiger partial charge in [0.1, 0.15) is 5.75 Å². The summed E-state index contributed by atoms with van der Waals surface area (Å²) in [7, 11) is 0. The Morgan fingerprint density at radius 1 is 1.25 bits per heavy atom. The minimum atomic E-state index is -4.67. The molecular formula is C8H5BrF5NO. The van der Waals surface area contributed by atoms with Crippen molar-refractivity contribution in [3.8, 4) is 5.75 Å². The Morgan fingerprint density at radius 2 is 1.81 bits per heavy atom. The van der Waals surface area contributed by atoms with E-state index in [2.05, 4.69) is 20.7 Å². The Morgan fingerprint density at radius 3 is 2.25 bits per heavy atom. The second-order valence-corrected chi connectivity index (χ2v) is 3.55. The van der Waals surface area contributed by atoms with Crippen molar-refractivity contribution >= 4 is 21.6 Å². The summed E-state index contributed by atoms with van der Waals surface area (Å²) >= 11 is 2.76. The lowest BCUT2D eigenvalue weighted by atomic mass is 10.2. The third-order valence-corrected chi connectivity index (χ3v) is 2.46. The highest BCUT2D eigenvalue weighted by molar-refractivity contribution is 9.10. The number of hydrogen-bond acceptors (Lipinski definition) is 2. The first-order valence-corrected chi connectivity index (χ1v) is 4.62. The first kappa shape index (κ1) is 13.0. The normalized spacial score (nSPS) is 11.9. The maximum Gasteiger partial charge on any atom is 0.416 e. The van der Waals surface area contributed by atoms with Gasteiger partial charge in [0.2, 0.25) is 0 Å². The first-order chi connectivity index (χ1) is 7.21. The van der Waals surface area contributed by atoms with Crippen LogP contribution in [0.3, 0.4) is 0 Å². The monoisotopic (exact) mass is 305 g/mol. The molecule has 0 aliphatic carbocycles. The maximum atomic E-state index is 12.3. The highest BCUT2D eigenvalue weighted by Gasteiger charge is 2.32. The van der Waals surface area contributed by atoms with Gasteiger partial charge >= 0.3 is 12.8 Å². The van der Waals surface area contributed by atoms with Crippen LogP contribution in [-0.4, -0.2) is 6.61 Å². The van der Waals surface area contributed by atoms with Gasteiger partial charge in [-0.1, -0.05) is 0 Å². The second kappa shape index (κ2) is 4.44. The average molecular weight is 306 g/mol. The number of alkyl halides is 5. The molecule has 0 radical (unpaired) electrons. The van der Waals surface area contributed by atoms with E-state index in [9.17, 15) is 22.0 Å². The SMILES string of the molecule is Nc1cc(C(F)(F)F)cc(OC(F)F)c1Br. The molecule has 0 fully saturated rings. The van der Waals surface area contributed by atoms with Gasteiger partial charge in [0, 0.05) is 0 Å². The zero-order valence-electron chi connectivity index (χ0n) is 7.49. The molecule has 0 heterocycles. The van der Waals surface area contributed by atoms with E-state index in [1.807, 2.05) is 0 Å². The number of hydrogen-bond donors (Lipinski definition) is 1. The van der Waals surface area contributed by atoms with Crippen molar-refractivity contribution in [2.45, 2.75) is 12.8 Å². The van der Waals surface area contributed by atoms with Gasteiger partial charge in [-0.15, -0.1) is 0 Å². The Balaban J connectivity index is 3.22. The van der Waals surface area contributed by atoms with Crippen LogP contribution in [0.4, 0.5) is 27.6 Å². The highest BCUT2D eigenvalue weighted by Crippen LogP contribution is 2.39. The standard InChI is InChI=1S/C8H5BrF5NO/c9-6-4(15)1-3(8(12,13)14)2-5(6)16-7(10)11/h1-2,7H,15H2. The number of halogens is 6. The Bertz CT molecular complexity index is 393. The van der Waals surface area contributed by atoms with E-state index in [-0.39, 0.29) is 10.2 Å². The zero-order chi connectivity index (χ0) is 12.5. The predicted molar refractivity (Wildman–Crippen MR) is 50.2 cm³/mol. The summed E-state index contributed by atoms with van der Waals surface area (Å²) in [5.41, 5.74) is 3.74. The van der Waals surface area contributed by atoms with Gasteiger partial charge in [0.05, 0.1) is 15.7 Å². The second-order valence-electron chi connectivity index (χ2n) is 2.75. The molecule has 0 spiro atoms. The van der Waals surface area contributed by atoms with Crippen molar-refractivity contribution in [2.75, 3.05) is 5.73 Å². The lowest BCUT2D eigenvalue weighted by Crippen LogP contribution is -2.09. The summed E-state index contributed by atoms with van der Waals surface area (Å²) in [4.78, 5) is 0. The van der Waals surface area contributed by atoms with Crippen molar-refractivity contribution in [3.63, 3.8) is 0 Å². The van der Waals surface area contributed by atoms with Gasteiger partial charge in [0.25, 0.3) is 0 Å². The molecule has 0 saturated carbocycles. The molecule has 2 N–H and O–H groups in total. The highest BCUT2D eigenvalue weighted by atomic mass is 79.9. The van der Waals surface area contributed by atoms with E-state index < -0.39 is 24.1 Å².